The lowest BCUT2D eigenvalue weighted by Gasteiger charge is -2.15. The van der Waals surface area contributed by atoms with Crippen LogP contribution in [-0.2, 0) is 11.2 Å². The van der Waals surface area contributed by atoms with E-state index in [0.29, 0.717) is 12.1 Å². The molecule has 1 aliphatic heterocycles. The highest BCUT2D eigenvalue weighted by atomic mass is 16.5. The first-order valence-electron chi connectivity index (χ1n) is 10.2. The van der Waals surface area contributed by atoms with Gasteiger partial charge in [-0.15, -0.1) is 0 Å². The number of hydrogen-bond donors (Lipinski definition) is 1. The van der Waals surface area contributed by atoms with E-state index < -0.39 is 5.92 Å². The third-order valence-electron chi connectivity index (χ3n) is 5.86. The van der Waals surface area contributed by atoms with E-state index in [-0.39, 0.29) is 24.2 Å². The minimum atomic E-state index is -0.406. The Morgan fingerprint density at radius 3 is 2.83 bits per heavy atom. The second kappa shape index (κ2) is 7.41. The number of nitrogens with zero attached hydrogens (tertiary/aromatic N) is 1. The number of fused-ring (bicyclic) bond motifs is 2. The van der Waals surface area contributed by atoms with Gasteiger partial charge in [-0.2, -0.15) is 0 Å². The molecule has 0 fully saturated rings. The van der Waals surface area contributed by atoms with Crippen LogP contribution in [-0.4, -0.2) is 29.3 Å². The minimum Gasteiger partial charge on any atom is -0.488 e. The highest BCUT2D eigenvalue weighted by Crippen LogP contribution is 2.34. The van der Waals surface area contributed by atoms with Gasteiger partial charge < -0.3 is 10.1 Å². The summed E-state index contributed by atoms with van der Waals surface area (Å²) in [5, 5.41) is 2.99. The fraction of sp³-hybridized carbons (Fsp3) is 0.240. The van der Waals surface area contributed by atoms with E-state index in [4.69, 9.17) is 4.74 Å². The number of aromatic nitrogens is 1. The third-order valence-corrected chi connectivity index (χ3v) is 5.86. The van der Waals surface area contributed by atoms with Crippen LogP contribution in [0, 0.1) is 6.92 Å². The SMILES string of the molecule is Cc1ccc(-c2ccc3c(c2)CC(CNC(=O)C2CC(=O)c4ccccc42)O3)nc1. The van der Waals surface area contributed by atoms with Gasteiger partial charge in [0.05, 0.1) is 18.2 Å². The number of rotatable bonds is 4. The standard InChI is InChI=1S/C25H22N2O3/c1-15-6-8-22(26-13-15)16-7-9-24-17(10-16)11-18(30-24)14-27-25(29)21-12-23(28)20-5-3-2-4-19(20)21/h2-10,13,18,21H,11-12,14H2,1H3,(H,27,29). The van der Waals surface area contributed by atoms with Crippen LogP contribution in [0.15, 0.2) is 60.8 Å². The van der Waals surface area contributed by atoms with Crippen LogP contribution >= 0.6 is 0 Å². The van der Waals surface area contributed by atoms with Crippen molar-refractivity contribution in [2.45, 2.75) is 31.8 Å². The van der Waals surface area contributed by atoms with E-state index in [1.165, 1.54) is 0 Å². The Kier molecular flexibility index (Phi) is 4.58. The number of pyridine rings is 1. The Bertz CT molecular complexity index is 1140. The molecule has 30 heavy (non-hydrogen) atoms. The highest BCUT2D eigenvalue weighted by Gasteiger charge is 2.34. The molecule has 2 aliphatic rings. The molecule has 2 aromatic carbocycles. The van der Waals surface area contributed by atoms with Gasteiger partial charge in [0.25, 0.3) is 0 Å². The van der Waals surface area contributed by atoms with Crippen LogP contribution in [0.4, 0.5) is 0 Å². The van der Waals surface area contributed by atoms with E-state index in [2.05, 4.69) is 22.4 Å². The maximum absolute atomic E-state index is 12.7. The molecule has 2 unspecified atom stereocenters. The predicted molar refractivity (Wildman–Crippen MR) is 114 cm³/mol. The van der Waals surface area contributed by atoms with E-state index >= 15 is 0 Å². The summed E-state index contributed by atoms with van der Waals surface area (Å²) in [6, 6.07) is 17.5. The van der Waals surface area contributed by atoms with Crippen molar-refractivity contribution in [3.8, 4) is 17.0 Å². The van der Waals surface area contributed by atoms with Crippen LogP contribution in [0.5, 0.6) is 5.75 Å². The maximum atomic E-state index is 12.7. The third kappa shape index (κ3) is 3.36. The molecular formula is C25H22N2O3. The smallest absolute Gasteiger partial charge is 0.228 e. The molecule has 1 amide bonds. The number of carbonyl (C=O) groups excluding carboxylic acids is 2. The molecule has 1 N–H and O–H groups in total. The van der Waals surface area contributed by atoms with Gasteiger partial charge >= 0.3 is 0 Å². The van der Waals surface area contributed by atoms with Crippen molar-refractivity contribution >= 4 is 11.7 Å². The van der Waals surface area contributed by atoms with Crippen LogP contribution in [0.25, 0.3) is 11.3 Å². The van der Waals surface area contributed by atoms with Gasteiger partial charge in [0.1, 0.15) is 11.9 Å². The molecule has 0 bridgehead atoms. The normalized spacial score (nSPS) is 19.2. The van der Waals surface area contributed by atoms with Gasteiger partial charge in [-0.05, 0) is 47.9 Å². The number of aryl methyl sites for hydroxylation is 1. The second-order valence-electron chi connectivity index (χ2n) is 8.00. The molecule has 3 aromatic rings. The Hall–Kier alpha value is -3.47. The van der Waals surface area contributed by atoms with Crippen LogP contribution in [0.3, 0.4) is 0 Å². The Labute approximate surface area is 175 Å². The van der Waals surface area contributed by atoms with Gasteiger partial charge in [-0.3, -0.25) is 14.6 Å². The molecule has 1 aromatic heterocycles. The lowest BCUT2D eigenvalue weighted by atomic mass is 10.0. The predicted octanol–water partition coefficient (Wildman–Crippen LogP) is 3.85. The molecule has 5 nitrogen and oxygen atoms in total. The maximum Gasteiger partial charge on any atom is 0.228 e. The number of benzene rings is 2. The minimum absolute atomic E-state index is 0.0347. The van der Waals surface area contributed by atoms with E-state index in [0.717, 1.165) is 40.1 Å². The summed E-state index contributed by atoms with van der Waals surface area (Å²) < 4.78 is 6.02. The van der Waals surface area contributed by atoms with E-state index in [9.17, 15) is 9.59 Å². The number of Topliss-reactive ketones (excluding diaryl/α,β-unsaturated/α-hetero) is 1. The average Bonchev–Trinajstić information content (AvgIpc) is 3.33. The summed E-state index contributed by atoms with van der Waals surface area (Å²) in [6.45, 7) is 2.44. The number of nitrogens with one attached hydrogen (secondary N) is 1. The highest BCUT2D eigenvalue weighted by molar-refractivity contribution is 6.06. The van der Waals surface area contributed by atoms with Crippen LogP contribution < -0.4 is 10.1 Å². The zero-order chi connectivity index (χ0) is 20.7. The Balaban J connectivity index is 1.23. The molecule has 0 saturated heterocycles. The number of hydrogen-bond acceptors (Lipinski definition) is 4. The molecule has 0 radical (unpaired) electrons. The van der Waals surface area contributed by atoms with Crippen molar-refractivity contribution in [3.05, 3.63) is 83.0 Å². The second-order valence-corrected chi connectivity index (χ2v) is 8.00. The van der Waals surface area contributed by atoms with Crippen molar-refractivity contribution in [1.29, 1.82) is 0 Å². The monoisotopic (exact) mass is 398 g/mol. The summed E-state index contributed by atoms with van der Waals surface area (Å²) in [5.41, 5.74) is 5.74. The zero-order valence-electron chi connectivity index (χ0n) is 16.7. The Morgan fingerprint density at radius 1 is 1.13 bits per heavy atom. The molecule has 5 rings (SSSR count). The number of ether oxygens (including phenoxy) is 1. The largest absolute Gasteiger partial charge is 0.488 e. The van der Waals surface area contributed by atoms with Gasteiger partial charge in [-0.1, -0.05) is 30.3 Å². The molecule has 2 atom stereocenters. The molecule has 0 spiro atoms. The van der Waals surface area contributed by atoms with Gasteiger partial charge in [0.2, 0.25) is 5.91 Å². The molecule has 5 heteroatoms. The number of carbonyl (C=O) groups is 2. The van der Waals surface area contributed by atoms with Crippen LogP contribution in [0.1, 0.15) is 39.4 Å². The van der Waals surface area contributed by atoms with Gasteiger partial charge in [-0.25, -0.2) is 0 Å². The van der Waals surface area contributed by atoms with Crippen molar-refractivity contribution in [1.82, 2.24) is 10.3 Å². The van der Waals surface area contributed by atoms with Crippen molar-refractivity contribution in [2.24, 2.45) is 0 Å². The van der Waals surface area contributed by atoms with E-state index in [1.54, 1.807) is 6.07 Å². The quantitative estimate of drug-likeness (QED) is 0.725. The van der Waals surface area contributed by atoms with Gasteiger partial charge in [0, 0.05) is 30.2 Å². The summed E-state index contributed by atoms with van der Waals surface area (Å²) in [5.74, 6) is 0.369. The Morgan fingerprint density at radius 2 is 2.00 bits per heavy atom. The first kappa shape index (κ1) is 18.6. The lowest BCUT2D eigenvalue weighted by Crippen LogP contribution is -2.36. The fourth-order valence-corrected chi connectivity index (χ4v) is 4.26. The summed E-state index contributed by atoms with van der Waals surface area (Å²) in [4.78, 5) is 29.4. The number of ketones is 1. The van der Waals surface area contributed by atoms with Crippen LogP contribution in [0.2, 0.25) is 0 Å². The fourth-order valence-electron chi connectivity index (χ4n) is 4.26. The first-order valence-corrected chi connectivity index (χ1v) is 10.2. The summed E-state index contributed by atoms with van der Waals surface area (Å²) >= 11 is 0. The summed E-state index contributed by atoms with van der Waals surface area (Å²) in [6.07, 6.45) is 2.72. The number of amides is 1. The molecule has 150 valence electrons. The molecule has 1 aliphatic carbocycles. The van der Waals surface area contributed by atoms with Crippen molar-refractivity contribution in [2.75, 3.05) is 6.54 Å². The topological polar surface area (TPSA) is 68.3 Å². The summed E-state index contributed by atoms with van der Waals surface area (Å²) in [7, 11) is 0. The molecule has 0 saturated carbocycles. The molecule has 2 heterocycles. The molecular weight excluding hydrogens is 376 g/mol. The van der Waals surface area contributed by atoms with Crippen molar-refractivity contribution < 1.29 is 14.3 Å². The van der Waals surface area contributed by atoms with Gasteiger partial charge in [0.15, 0.2) is 5.78 Å². The van der Waals surface area contributed by atoms with E-state index in [1.807, 2.05) is 49.5 Å². The van der Waals surface area contributed by atoms with Crippen molar-refractivity contribution in [3.63, 3.8) is 0 Å². The lowest BCUT2D eigenvalue weighted by molar-refractivity contribution is -0.122. The average molecular weight is 398 g/mol. The first-order chi connectivity index (χ1) is 14.6. The zero-order valence-corrected chi connectivity index (χ0v) is 16.7.